The number of ether oxygens (including phenoxy) is 1. The van der Waals surface area contributed by atoms with Gasteiger partial charge in [0.25, 0.3) is 0 Å². The average Bonchev–Trinajstić information content (AvgIpc) is 2.17. The van der Waals surface area contributed by atoms with Crippen LogP contribution in [0, 0.1) is 0 Å². The van der Waals surface area contributed by atoms with Gasteiger partial charge in [0.2, 0.25) is 0 Å². The van der Waals surface area contributed by atoms with Crippen LogP contribution >= 0.6 is 0 Å². The van der Waals surface area contributed by atoms with Gasteiger partial charge in [-0.1, -0.05) is 0 Å². The monoisotopic (exact) mass is 166 g/mol. The van der Waals surface area contributed by atoms with Gasteiger partial charge in [-0.25, -0.2) is 0 Å². The van der Waals surface area contributed by atoms with Gasteiger partial charge in [-0.15, -0.1) is 0 Å². The normalized spacial score (nSPS) is 45.3. The van der Waals surface area contributed by atoms with E-state index >= 15 is 0 Å². The third-order valence-corrected chi connectivity index (χ3v) is 1.57. The number of aliphatic hydroxyl groups is 5. The summed E-state index contributed by atoms with van der Waals surface area (Å²) in [5, 5.41) is 43.5. The summed E-state index contributed by atoms with van der Waals surface area (Å²) in [6.07, 6.45) is -7.76. The molecule has 0 aromatic carbocycles. The lowest BCUT2D eigenvalue weighted by Crippen LogP contribution is -2.38. The van der Waals surface area contributed by atoms with E-state index in [2.05, 4.69) is 4.74 Å². The van der Waals surface area contributed by atoms with Crippen molar-refractivity contribution >= 4 is 0 Å². The van der Waals surface area contributed by atoms with E-state index in [-0.39, 0.29) is 0 Å². The summed E-state index contributed by atoms with van der Waals surface area (Å²) in [6, 6.07) is 0. The molecule has 1 heterocycles. The van der Waals surface area contributed by atoms with Gasteiger partial charge >= 0.3 is 0 Å². The predicted octanol–water partition coefficient (Wildman–Crippen LogP) is -3.26. The van der Waals surface area contributed by atoms with Crippen LogP contribution in [0.5, 0.6) is 0 Å². The van der Waals surface area contributed by atoms with Gasteiger partial charge in [0.15, 0.2) is 12.6 Å². The molecule has 6 nitrogen and oxygen atoms in total. The lowest BCUT2D eigenvalue weighted by Gasteiger charge is -2.15. The molecule has 0 bridgehead atoms. The van der Waals surface area contributed by atoms with Crippen molar-refractivity contribution in [1.29, 1.82) is 0 Å². The molecule has 66 valence electrons. The Morgan fingerprint density at radius 3 is 1.73 bits per heavy atom. The fourth-order valence-electron chi connectivity index (χ4n) is 0.932. The molecule has 0 unspecified atom stereocenters. The van der Waals surface area contributed by atoms with Gasteiger partial charge in [-0.3, -0.25) is 0 Å². The highest BCUT2D eigenvalue weighted by molar-refractivity contribution is 4.86. The molecule has 0 amide bonds. The summed E-state index contributed by atoms with van der Waals surface area (Å²) in [5.41, 5.74) is 0. The standard InChI is InChI=1S/C5H10O6/c6-1-2(7)5(10)11-3(1)4(8)9/h1-10H/t1-,2+,3-,5+/m1/s1. The van der Waals surface area contributed by atoms with Crippen molar-refractivity contribution in [2.75, 3.05) is 0 Å². The summed E-state index contributed by atoms with van der Waals surface area (Å²) in [4.78, 5) is 0. The van der Waals surface area contributed by atoms with Crippen molar-refractivity contribution in [2.45, 2.75) is 30.9 Å². The van der Waals surface area contributed by atoms with Crippen LogP contribution in [0.2, 0.25) is 0 Å². The van der Waals surface area contributed by atoms with Gasteiger partial charge in [0.1, 0.15) is 18.3 Å². The topological polar surface area (TPSA) is 110 Å². The van der Waals surface area contributed by atoms with E-state index in [1.54, 1.807) is 0 Å². The molecule has 1 aliphatic rings. The van der Waals surface area contributed by atoms with Crippen LogP contribution in [0.25, 0.3) is 0 Å². The fourth-order valence-corrected chi connectivity index (χ4v) is 0.932. The molecular formula is C5H10O6. The SMILES string of the molecule is OC(O)[C@@H]1O[C@H](O)[C@@H](O)[C@H]1O. The third kappa shape index (κ3) is 1.51. The Balaban J connectivity index is 2.59. The summed E-state index contributed by atoms with van der Waals surface area (Å²) in [5.74, 6) is 0. The quantitative estimate of drug-likeness (QED) is 0.261. The van der Waals surface area contributed by atoms with Crippen LogP contribution in [0.4, 0.5) is 0 Å². The van der Waals surface area contributed by atoms with Crippen molar-refractivity contribution < 1.29 is 30.3 Å². The van der Waals surface area contributed by atoms with Gasteiger partial charge in [-0.2, -0.15) is 0 Å². The van der Waals surface area contributed by atoms with Crippen LogP contribution in [0.3, 0.4) is 0 Å². The van der Waals surface area contributed by atoms with E-state index in [1.807, 2.05) is 0 Å². The highest BCUT2D eigenvalue weighted by atomic mass is 16.7. The maximum absolute atomic E-state index is 8.94. The Hall–Kier alpha value is -0.240. The fraction of sp³-hybridized carbons (Fsp3) is 1.00. The highest BCUT2D eigenvalue weighted by Crippen LogP contribution is 2.20. The minimum absolute atomic E-state index is 1.35. The molecule has 0 radical (unpaired) electrons. The summed E-state index contributed by atoms with van der Waals surface area (Å²) < 4.78 is 4.40. The zero-order chi connectivity index (χ0) is 8.59. The van der Waals surface area contributed by atoms with E-state index < -0.39 is 30.9 Å². The molecule has 6 heteroatoms. The molecule has 1 aliphatic heterocycles. The largest absolute Gasteiger partial charge is 0.387 e. The van der Waals surface area contributed by atoms with Crippen LogP contribution in [-0.4, -0.2) is 56.4 Å². The molecule has 0 saturated carbocycles. The Morgan fingerprint density at radius 2 is 1.55 bits per heavy atom. The van der Waals surface area contributed by atoms with Crippen molar-refractivity contribution in [3.63, 3.8) is 0 Å². The number of rotatable bonds is 1. The van der Waals surface area contributed by atoms with Crippen LogP contribution < -0.4 is 0 Å². The first kappa shape index (κ1) is 8.85. The van der Waals surface area contributed by atoms with Crippen molar-refractivity contribution in [1.82, 2.24) is 0 Å². The first-order valence-corrected chi connectivity index (χ1v) is 3.10. The Labute approximate surface area is 62.3 Å². The van der Waals surface area contributed by atoms with Crippen LogP contribution in [0.15, 0.2) is 0 Å². The van der Waals surface area contributed by atoms with E-state index in [0.717, 1.165) is 0 Å². The lowest BCUT2D eigenvalue weighted by atomic mass is 10.1. The Bertz CT molecular complexity index is 137. The molecule has 1 rings (SSSR count). The molecule has 0 spiro atoms. The molecule has 11 heavy (non-hydrogen) atoms. The number of aliphatic hydroxyl groups excluding tert-OH is 4. The van der Waals surface area contributed by atoms with Crippen LogP contribution in [0.1, 0.15) is 0 Å². The van der Waals surface area contributed by atoms with Crippen molar-refractivity contribution in [3.8, 4) is 0 Å². The average molecular weight is 166 g/mol. The highest BCUT2D eigenvalue weighted by Gasteiger charge is 2.44. The van der Waals surface area contributed by atoms with Crippen molar-refractivity contribution in [3.05, 3.63) is 0 Å². The van der Waals surface area contributed by atoms with Gasteiger partial charge in [-0.05, 0) is 0 Å². The lowest BCUT2D eigenvalue weighted by molar-refractivity contribution is -0.191. The summed E-state index contributed by atoms with van der Waals surface area (Å²) in [7, 11) is 0. The maximum Gasteiger partial charge on any atom is 0.184 e. The van der Waals surface area contributed by atoms with Gasteiger partial charge in [0.05, 0.1) is 0 Å². The van der Waals surface area contributed by atoms with E-state index in [1.165, 1.54) is 0 Å². The molecular weight excluding hydrogens is 156 g/mol. The molecule has 1 saturated heterocycles. The smallest absolute Gasteiger partial charge is 0.184 e. The van der Waals surface area contributed by atoms with Gasteiger partial charge < -0.3 is 30.3 Å². The number of hydrogen-bond acceptors (Lipinski definition) is 6. The minimum Gasteiger partial charge on any atom is -0.387 e. The molecule has 5 N–H and O–H groups in total. The second-order valence-corrected chi connectivity index (χ2v) is 2.39. The summed E-state index contributed by atoms with van der Waals surface area (Å²) >= 11 is 0. The third-order valence-electron chi connectivity index (χ3n) is 1.57. The number of hydrogen-bond donors (Lipinski definition) is 5. The maximum atomic E-state index is 8.94. The van der Waals surface area contributed by atoms with E-state index in [4.69, 9.17) is 25.5 Å². The minimum atomic E-state index is -1.91. The zero-order valence-electron chi connectivity index (χ0n) is 5.53. The van der Waals surface area contributed by atoms with Crippen LogP contribution in [-0.2, 0) is 4.74 Å². The Kier molecular flexibility index (Phi) is 2.43. The molecule has 0 aliphatic carbocycles. The van der Waals surface area contributed by atoms with Crippen molar-refractivity contribution in [2.24, 2.45) is 0 Å². The zero-order valence-corrected chi connectivity index (χ0v) is 5.53. The first-order valence-electron chi connectivity index (χ1n) is 3.10. The van der Waals surface area contributed by atoms with Gasteiger partial charge in [0, 0.05) is 0 Å². The predicted molar refractivity (Wildman–Crippen MR) is 31.1 cm³/mol. The molecule has 1 fully saturated rings. The van der Waals surface area contributed by atoms with E-state index in [9.17, 15) is 0 Å². The summed E-state index contributed by atoms with van der Waals surface area (Å²) in [6.45, 7) is 0. The molecule has 0 aromatic rings. The van der Waals surface area contributed by atoms with E-state index in [0.29, 0.717) is 0 Å². The molecule has 0 aromatic heterocycles. The second kappa shape index (κ2) is 3.02. The Morgan fingerprint density at radius 1 is 1.00 bits per heavy atom. The molecule has 4 atom stereocenters. The first-order chi connectivity index (χ1) is 5.04. The second-order valence-electron chi connectivity index (χ2n) is 2.39.